The van der Waals surface area contributed by atoms with Crippen LogP contribution in [0.4, 0.5) is 17.1 Å². The first kappa shape index (κ1) is 19.4. The quantitative estimate of drug-likeness (QED) is 0.804. The summed E-state index contributed by atoms with van der Waals surface area (Å²) in [6.45, 7) is 3.60. The summed E-state index contributed by atoms with van der Waals surface area (Å²) in [5.41, 5.74) is 1.97. The SMILES string of the molecule is CCC1Oc2ccccc2N(CCC(=O)Nc2ccc(NC(C)=O)cc2)C1=O. The molecule has 0 bridgehead atoms. The van der Waals surface area contributed by atoms with Crippen LogP contribution in [0.1, 0.15) is 26.7 Å². The zero-order valence-corrected chi connectivity index (χ0v) is 15.9. The molecule has 1 aliphatic heterocycles. The van der Waals surface area contributed by atoms with Gasteiger partial charge in [0.25, 0.3) is 5.91 Å². The fraction of sp³-hybridized carbons (Fsp3) is 0.286. The molecule has 1 aliphatic rings. The summed E-state index contributed by atoms with van der Waals surface area (Å²) in [4.78, 5) is 37.7. The molecule has 0 aliphatic carbocycles. The second-order valence-corrected chi connectivity index (χ2v) is 6.53. The summed E-state index contributed by atoms with van der Waals surface area (Å²) < 4.78 is 5.74. The number of carbonyl (C=O) groups is 3. The molecule has 0 saturated heterocycles. The van der Waals surface area contributed by atoms with Gasteiger partial charge >= 0.3 is 0 Å². The van der Waals surface area contributed by atoms with E-state index in [0.717, 1.165) is 0 Å². The van der Waals surface area contributed by atoms with Crippen molar-refractivity contribution in [2.24, 2.45) is 0 Å². The van der Waals surface area contributed by atoms with E-state index in [1.807, 2.05) is 31.2 Å². The Morgan fingerprint density at radius 2 is 1.68 bits per heavy atom. The van der Waals surface area contributed by atoms with E-state index in [9.17, 15) is 14.4 Å². The van der Waals surface area contributed by atoms with E-state index in [1.54, 1.807) is 29.2 Å². The van der Waals surface area contributed by atoms with Gasteiger partial charge in [0, 0.05) is 31.3 Å². The molecular weight excluding hydrogens is 358 g/mol. The minimum atomic E-state index is -0.528. The number of carbonyl (C=O) groups excluding carboxylic acids is 3. The number of nitrogens with zero attached hydrogens (tertiary/aromatic N) is 1. The molecule has 7 nitrogen and oxygen atoms in total. The molecule has 7 heteroatoms. The number of fused-ring (bicyclic) bond motifs is 1. The Balaban J connectivity index is 1.62. The standard InChI is InChI=1S/C21H23N3O4/c1-3-18-21(27)24(17-6-4-5-7-19(17)28-18)13-12-20(26)23-16-10-8-15(9-11-16)22-14(2)25/h4-11,18H,3,12-13H2,1-2H3,(H,22,25)(H,23,26). The number of hydrogen-bond donors (Lipinski definition) is 2. The zero-order chi connectivity index (χ0) is 20.1. The number of benzene rings is 2. The molecule has 0 fully saturated rings. The second-order valence-electron chi connectivity index (χ2n) is 6.53. The molecule has 28 heavy (non-hydrogen) atoms. The van der Waals surface area contributed by atoms with Crippen LogP contribution in [0.3, 0.4) is 0 Å². The third-order valence-electron chi connectivity index (χ3n) is 4.39. The third-order valence-corrected chi connectivity index (χ3v) is 4.39. The highest BCUT2D eigenvalue weighted by Gasteiger charge is 2.33. The van der Waals surface area contributed by atoms with E-state index in [2.05, 4.69) is 10.6 Å². The van der Waals surface area contributed by atoms with E-state index in [0.29, 0.717) is 29.2 Å². The van der Waals surface area contributed by atoms with Crippen molar-refractivity contribution >= 4 is 34.8 Å². The van der Waals surface area contributed by atoms with Crippen LogP contribution in [0.2, 0.25) is 0 Å². The van der Waals surface area contributed by atoms with Crippen molar-refractivity contribution < 1.29 is 19.1 Å². The number of anilines is 3. The van der Waals surface area contributed by atoms with Gasteiger partial charge in [-0.15, -0.1) is 0 Å². The first-order chi connectivity index (χ1) is 13.5. The van der Waals surface area contributed by atoms with Crippen molar-refractivity contribution in [3.63, 3.8) is 0 Å². The maximum atomic E-state index is 12.7. The molecule has 1 atom stereocenters. The number of nitrogens with one attached hydrogen (secondary N) is 2. The molecule has 1 unspecified atom stereocenters. The van der Waals surface area contributed by atoms with Gasteiger partial charge in [-0.1, -0.05) is 19.1 Å². The predicted molar refractivity (Wildman–Crippen MR) is 107 cm³/mol. The Bertz CT molecular complexity index is 879. The van der Waals surface area contributed by atoms with E-state index < -0.39 is 6.10 Å². The summed E-state index contributed by atoms with van der Waals surface area (Å²) in [7, 11) is 0. The number of rotatable bonds is 6. The summed E-state index contributed by atoms with van der Waals surface area (Å²) in [6.07, 6.45) is 0.194. The lowest BCUT2D eigenvalue weighted by Gasteiger charge is -2.33. The smallest absolute Gasteiger partial charge is 0.268 e. The van der Waals surface area contributed by atoms with Crippen molar-refractivity contribution in [2.75, 3.05) is 22.1 Å². The highest BCUT2D eigenvalue weighted by atomic mass is 16.5. The molecule has 2 N–H and O–H groups in total. The van der Waals surface area contributed by atoms with E-state index in [-0.39, 0.29) is 30.7 Å². The lowest BCUT2D eigenvalue weighted by Crippen LogP contribution is -2.46. The monoisotopic (exact) mass is 381 g/mol. The number of ether oxygens (including phenoxy) is 1. The van der Waals surface area contributed by atoms with Gasteiger partial charge in [-0.2, -0.15) is 0 Å². The Hall–Kier alpha value is -3.35. The second kappa shape index (κ2) is 8.56. The first-order valence-corrected chi connectivity index (χ1v) is 9.22. The summed E-state index contributed by atoms with van der Waals surface area (Å²) in [5.74, 6) is 0.173. The Labute approximate surface area is 163 Å². The molecule has 146 valence electrons. The summed E-state index contributed by atoms with van der Waals surface area (Å²) >= 11 is 0. The number of hydrogen-bond acceptors (Lipinski definition) is 4. The first-order valence-electron chi connectivity index (χ1n) is 9.22. The van der Waals surface area contributed by atoms with Gasteiger partial charge in [-0.25, -0.2) is 0 Å². The Morgan fingerprint density at radius 3 is 2.32 bits per heavy atom. The average Bonchev–Trinajstić information content (AvgIpc) is 2.68. The van der Waals surface area contributed by atoms with Gasteiger partial charge in [-0.3, -0.25) is 14.4 Å². The van der Waals surface area contributed by atoms with Crippen LogP contribution in [0.5, 0.6) is 5.75 Å². The van der Waals surface area contributed by atoms with Crippen LogP contribution in [0.15, 0.2) is 48.5 Å². The molecule has 3 rings (SSSR count). The highest BCUT2D eigenvalue weighted by Crippen LogP contribution is 2.34. The molecule has 0 aromatic heterocycles. The molecule has 2 aromatic carbocycles. The van der Waals surface area contributed by atoms with Gasteiger partial charge in [0.2, 0.25) is 11.8 Å². The number of amides is 3. The van der Waals surface area contributed by atoms with Crippen LogP contribution < -0.4 is 20.3 Å². The Kier molecular flexibility index (Phi) is 5.93. The van der Waals surface area contributed by atoms with E-state index >= 15 is 0 Å². The molecule has 1 heterocycles. The maximum absolute atomic E-state index is 12.7. The molecular formula is C21H23N3O4. The minimum Gasteiger partial charge on any atom is -0.478 e. The lowest BCUT2D eigenvalue weighted by molar-refractivity contribution is -0.126. The molecule has 2 aromatic rings. The molecule has 0 spiro atoms. The van der Waals surface area contributed by atoms with Crippen LogP contribution in [0, 0.1) is 0 Å². The number of para-hydroxylation sites is 2. The van der Waals surface area contributed by atoms with Crippen molar-refractivity contribution in [3.05, 3.63) is 48.5 Å². The van der Waals surface area contributed by atoms with Crippen LogP contribution >= 0.6 is 0 Å². The van der Waals surface area contributed by atoms with Crippen molar-refractivity contribution in [1.82, 2.24) is 0 Å². The summed E-state index contributed by atoms with van der Waals surface area (Å²) in [6, 6.07) is 14.2. The van der Waals surface area contributed by atoms with Gasteiger partial charge in [0.05, 0.1) is 5.69 Å². The predicted octanol–water partition coefficient (Wildman–Crippen LogP) is 3.18. The normalized spacial score (nSPS) is 15.4. The zero-order valence-electron chi connectivity index (χ0n) is 15.9. The van der Waals surface area contributed by atoms with Crippen molar-refractivity contribution in [2.45, 2.75) is 32.8 Å². The van der Waals surface area contributed by atoms with Crippen LogP contribution in [0.25, 0.3) is 0 Å². The summed E-state index contributed by atoms with van der Waals surface area (Å²) in [5, 5.41) is 5.47. The lowest BCUT2D eigenvalue weighted by atomic mass is 10.1. The van der Waals surface area contributed by atoms with Gasteiger partial charge in [0.1, 0.15) is 5.75 Å². The van der Waals surface area contributed by atoms with E-state index in [4.69, 9.17) is 4.74 Å². The fourth-order valence-corrected chi connectivity index (χ4v) is 3.04. The highest BCUT2D eigenvalue weighted by molar-refractivity contribution is 6.01. The van der Waals surface area contributed by atoms with Gasteiger partial charge in [0.15, 0.2) is 6.10 Å². The fourth-order valence-electron chi connectivity index (χ4n) is 3.04. The van der Waals surface area contributed by atoms with E-state index in [1.165, 1.54) is 6.92 Å². The van der Waals surface area contributed by atoms with Gasteiger partial charge < -0.3 is 20.3 Å². The average molecular weight is 381 g/mol. The molecule has 0 radical (unpaired) electrons. The topological polar surface area (TPSA) is 87.7 Å². The van der Waals surface area contributed by atoms with Crippen molar-refractivity contribution in [1.29, 1.82) is 0 Å². The third kappa shape index (κ3) is 4.49. The minimum absolute atomic E-state index is 0.131. The largest absolute Gasteiger partial charge is 0.478 e. The van der Waals surface area contributed by atoms with Crippen LogP contribution in [-0.4, -0.2) is 30.4 Å². The van der Waals surface area contributed by atoms with Crippen LogP contribution in [-0.2, 0) is 14.4 Å². The molecule has 3 amide bonds. The van der Waals surface area contributed by atoms with Crippen molar-refractivity contribution in [3.8, 4) is 5.75 Å². The molecule has 0 saturated carbocycles. The Morgan fingerprint density at radius 1 is 1.04 bits per heavy atom. The van der Waals surface area contributed by atoms with Gasteiger partial charge in [-0.05, 0) is 42.8 Å². The maximum Gasteiger partial charge on any atom is 0.268 e.